The molecule has 2 fully saturated rings. The van der Waals surface area contributed by atoms with Gasteiger partial charge >= 0.3 is 0 Å². The SMILES string of the molecule is CC(C)[C@@H]1CC[C@@H](C)C[C@H]1N(C)CCN(C)[C@@H]1C[C@H](C)CC[C@H]1C(C)C. The van der Waals surface area contributed by atoms with Gasteiger partial charge in [0.2, 0.25) is 0 Å². The van der Waals surface area contributed by atoms with Gasteiger partial charge in [0.1, 0.15) is 0 Å². The number of hydrogen-bond donors (Lipinski definition) is 0. The average Bonchev–Trinajstić information content (AvgIpc) is 2.58. The molecule has 2 heteroatoms. The van der Waals surface area contributed by atoms with Crippen molar-refractivity contribution in [3.8, 4) is 0 Å². The highest BCUT2D eigenvalue weighted by atomic mass is 15.2. The van der Waals surface area contributed by atoms with Crippen molar-refractivity contribution in [1.82, 2.24) is 9.80 Å². The van der Waals surface area contributed by atoms with E-state index in [2.05, 4.69) is 65.4 Å². The number of hydrogen-bond acceptors (Lipinski definition) is 2. The Morgan fingerprint density at radius 2 is 1.00 bits per heavy atom. The molecule has 0 aromatic carbocycles. The number of nitrogens with zero attached hydrogens (tertiary/aromatic N) is 2. The molecule has 0 heterocycles. The fraction of sp³-hybridized carbons (Fsp3) is 1.00. The van der Waals surface area contributed by atoms with E-state index in [9.17, 15) is 0 Å². The van der Waals surface area contributed by atoms with Gasteiger partial charge in [0.05, 0.1) is 0 Å². The lowest BCUT2D eigenvalue weighted by molar-refractivity contribution is 0.0457. The maximum absolute atomic E-state index is 2.72. The van der Waals surface area contributed by atoms with Crippen molar-refractivity contribution in [2.24, 2.45) is 35.5 Å². The van der Waals surface area contributed by atoms with Crippen LogP contribution in [0.4, 0.5) is 0 Å². The van der Waals surface area contributed by atoms with Crippen LogP contribution in [0.15, 0.2) is 0 Å². The molecule has 0 aromatic heterocycles. The molecule has 2 rings (SSSR count). The molecule has 2 aliphatic carbocycles. The molecular formula is C24H48N2. The van der Waals surface area contributed by atoms with Crippen LogP contribution in [0.3, 0.4) is 0 Å². The number of likely N-dealkylation sites (N-methyl/N-ethyl adjacent to an activating group) is 2. The molecule has 2 aliphatic rings. The van der Waals surface area contributed by atoms with Crippen molar-refractivity contribution in [2.45, 2.75) is 92.2 Å². The van der Waals surface area contributed by atoms with E-state index in [0.717, 1.165) is 47.6 Å². The lowest BCUT2D eigenvalue weighted by Crippen LogP contribution is -2.49. The standard InChI is InChI=1S/C24H48N2/c1-17(2)21-11-9-19(5)15-23(21)25(7)13-14-26(8)24-16-20(6)10-12-22(24)18(3)4/h17-24H,9-16H2,1-8H3/t19-,20-,21+,22+,23-,24-/m1/s1. The lowest BCUT2D eigenvalue weighted by atomic mass is 9.73. The average molecular weight is 365 g/mol. The minimum atomic E-state index is 0.790. The molecule has 0 aliphatic heterocycles. The van der Waals surface area contributed by atoms with Crippen LogP contribution in [-0.2, 0) is 0 Å². The molecule has 154 valence electrons. The van der Waals surface area contributed by atoms with Crippen molar-refractivity contribution in [1.29, 1.82) is 0 Å². The third-order valence-corrected chi connectivity index (χ3v) is 7.91. The smallest absolute Gasteiger partial charge is 0.0126 e. The van der Waals surface area contributed by atoms with Gasteiger partial charge in [-0.3, -0.25) is 0 Å². The highest BCUT2D eigenvalue weighted by Gasteiger charge is 2.35. The Kier molecular flexibility index (Phi) is 8.47. The summed E-state index contributed by atoms with van der Waals surface area (Å²) in [5.41, 5.74) is 0. The second kappa shape index (κ2) is 9.92. The monoisotopic (exact) mass is 364 g/mol. The van der Waals surface area contributed by atoms with Gasteiger partial charge in [-0.2, -0.15) is 0 Å². The van der Waals surface area contributed by atoms with Crippen molar-refractivity contribution in [3.63, 3.8) is 0 Å². The van der Waals surface area contributed by atoms with Crippen LogP contribution in [0.2, 0.25) is 0 Å². The minimum Gasteiger partial charge on any atom is -0.302 e. The first-order valence-electron chi connectivity index (χ1n) is 11.6. The predicted octanol–water partition coefficient (Wildman–Crippen LogP) is 5.77. The zero-order valence-corrected chi connectivity index (χ0v) is 19.2. The van der Waals surface area contributed by atoms with Gasteiger partial charge < -0.3 is 9.80 Å². The van der Waals surface area contributed by atoms with E-state index < -0.39 is 0 Å². The zero-order valence-electron chi connectivity index (χ0n) is 19.2. The van der Waals surface area contributed by atoms with Crippen LogP contribution in [0.1, 0.15) is 80.1 Å². The second-order valence-corrected chi connectivity index (χ2v) is 10.7. The largest absolute Gasteiger partial charge is 0.302 e. The molecule has 26 heavy (non-hydrogen) atoms. The number of rotatable bonds is 7. The van der Waals surface area contributed by atoms with Crippen LogP contribution in [0.5, 0.6) is 0 Å². The van der Waals surface area contributed by atoms with Gasteiger partial charge in [-0.05, 0) is 75.3 Å². The molecule has 0 aromatic rings. The first-order chi connectivity index (χ1) is 12.2. The van der Waals surface area contributed by atoms with E-state index in [0.29, 0.717) is 0 Å². The fourth-order valence-corrected chi connectivity index (χ4v) is 5.96. The molecule has 0 N–H and O–H groups in total. The normalized spacial score (nSPS) is 36.5. The summed E-state index contributed by atoms with van der Waals surface area (Å²) in [6, 6.07) is 1.58. The van der Waals surface area contributed by atoms with Gasteiger partial charge in [-0.25, -0.2) is 0 Å². The summed E-state index contributed by atoms with van der Waals surface area (Å²) in [6.45, 7) is 17.1. The van der Waals surface area contributed by atoms with E-state index in [1.165, 1.54) is 51.6 Å². The van der Waals surface area contributed by atoms with E-state index in [1.807, 2.05) is 0 Å². The van der Waals surface area contributed by atoms with Crippen molar-refractivity contribution >= 4 is 0 Å². The summed E-state index contributed by atoms with van der Waals surface area (Å²) in [5.74, 6) is 5.22. The molecule has 0 saturated heterocycles. The fourth-order valence-electron chi connectivity index (χ4n) is 5.96. The third-order valence-electron chi connectivity index (χ3n) is 7.91. The van der Waals surface area contributed by atoms with Crippen LogP contribution >= 0.6 is 0 Å². The summed E-state index contributed by atoms with van der Waals surface area (Å²) in [7, 11) is 4.80. The van der Waals surface area contributed by atoms with Crippen LogP contribution in [0, 0.1) is 35.5 Å². The molecule has 0 spiro atoms. The topological polar surface area (TPSA) is 6.48 Å². The quantitative estimate of drug-likeness (QED) is 0.565. The Balaban J connectivity index is 1.92. The maximum atomic E-state index is 2.72. The first kappa shape index (κ1) is 22.2. The van der Waals surface area contributed by atoms with Crippen molar-refractivity contribution in [2.75, 3.05) is 27.2 Å². The van der Waals surface area contributed by atoms with Gasteiger partial charge in [-0.1, -0.05) is 54.4 Å². The summed E-state index contributed by atoms with van der Waals surface area (Å²) in [4.78, 5) is 5.43. The van der Waals surface area contributed by atoms with Gasteiger partial charge in [0, 0.05) is 25.2 Å². The molecule has 2 nitrogen and oxygen atoms in total. The van der Waals surface area contributed by atoms with Crippen LogP contribution in [0.25, 0.3) is 0 Å². The van der Waals surface area contributed by atoms with Crippen molar-refractivity contribution < 1.29 is 0 Å². The molecule has 6 atom stereocenters. The minimum absolute atomic E-state index is 0.790. The summed E-state index contributed by atoms with van der Waals surface area (Å²) in [5, 5.41) is 0. The summed E-state index contributed by atoms with van der Waals surface area (Å²) < 4.78 is 0. The maximum Gasteiger partial charge on any atom is 0.0126 e. The molecule has 0 amide bonds. The predicted molar refractivity (Wildman–Crippen MR) is 116 cm³/mol. The molecule has 0 bridgehead atoms. The Morgan fingerprint density at radius 3 is 1.31 bits per heavy atom. The Bertz CT molecular complexity index is 367. The van der Waals surface area contributed by atoms with Crippen molar-refractivity contribution in [3.05, 3.63) is 0 Å². The van der Waals surface area contributed by atoms with E-state index in [4.69, 9.17) is 0 Å². The van der Waals surface area contributed by atoms with Crippen LogP contribution < -0.4 is 0 Å². The summed E-state index contributed by atoms with van der Waals surface area (Å²) >= 11 is 0. The molecule has 2 saturated carbocycles. The van der Waals surface area contributed by atoms with E-state index in [1.54, 1.807) is 0 Å². The first-order valence-corrected chi connectivity index (χ1v) is 11.6. The van der Waals surface area contributed by atoms with Gasteiger partial charge in [-0.15, -0.1) is 0 Å². The lowest BCUT2D eigenvalue weighted by Gasteiger charge is -2.45. The summed E-state index contributed by atoms with van der Waals surface area (Å²) in [6.07, 6.45) is 8.53. The highest BCUT2D eigenvalue weighted by molar-refractivity contribution is 4.89. The molecular weight excluding hydrogens is 316 g/mol. The Labute approximate surface area is 165 Å². The third kappa shape index (κ3) is 5.71. The molecule has 0 radical (unpaired) electrons. The Morgan fingerprint density at radius 1 is 0.654 bits per heavy atom. The second-order valence-electron chi connectivity index (χ2n) is 10.7. The van der Waals surface area contributed by atoms with Gasteiger partial charge in [0.25, 0.3) is 0 Å². The zero-order chi connectivity index (χ0) is 19.4. The van der Waals surface area contributed by atoms with E-state index >= 15 is 0 Å². The Hall–Kier alpha value is -0.0800. The van der Waals surface area contributed by atoms with Gasteiger partial charge in [0.15, 0.2) is 0 Å². The van der Waals surface area contributed by atoms with E-state index in [-0.39, 0.29) is 0 Å². The molecule has 0 unspecified atom stereocenters. The highest BCUT2D eigenvalue weighted by Crippen LogP contribution is 2.37. The van der Waals surface area contributed by atoms with Crippen LogP contribution in [-0.4, -0.2) is 49.1 Å².